The number of hydrogen-bond acceptors (Lipinski definition) is 5. The topological polar surface area (TPSA) is 66.0 Å². The molecule has 0 rings (SSSR count). The van der Waals surface area contributed by atoms with E-state index in [0.717, 1.165) is 38.9 Å². The monoisotopic (exact) mass is 740 g/mol. The van der Waals surface area contributed by atoms with Crippen LogP contribution in [0.25, 0.3) is 0 Å². The first-order chi connectivity index (χ1) is 25.2. The lowest BCUT2D eigenvalue weighted by Crippen LogP contribution is -2.48. The molecular weight excluding hydrogens is 647 g/mol. The van der Waals surface area contributed by atoms with Gasteiger partial charge in [0.2, 0.25) is 0 Å². The molecule has 0 spiro atoms. The minimum atomic E-state index is -0.927. The molecule has 0 bridgehead atoms. The fraction of sp³-hybridized carbons (Fsp3) is 0.978. The summed E-state index contributed by atoms with van der Waals surface area (Å²) in [4.78, 5) is 13.0. The smallest absolute Gasteiger partial charge is 0.251 e. The van der Waals surface area contributed by atoms with Gasteiger partial charge in [-0.1, -0.05) is 188 Å². The van der Waals surface area contributed by atoms with Crippen molar-refractivity contribution in [1.82, 2.24) is 5.32 Å². The number of carbonyl (C=O) groups excluding carboxylic acids is 1. The highest BCUT2D eigenvalue weighted by Gasteiger charge is 2.32. The molecule has 0 heterocycles. The molecule has 1 N–H and O–H groups in total. The molecule has 2 unspecified atom stereocenters. The van der Waals surface area contributed by atoms with Crippen molar-refractivity contribution < 1.29 is 23.7 Å². The van der Waals surface area contributed by atoms with E-state index in [1.165, 1.54) is 167 Å². The lowest BCUT2D eigenvalue weighted by molar-refractivity contribution is -0.154. The van der Waals surface area contributed by atoms with Gasteiger partial charge < -0.3 is 24.3 Å². The molecule has 0 aliphatic rings. The van der Waals surface area contributed by atoms with E-state index in [-0.39, 0.29) is 12.0 Å². The van der Waals surface area contributed by atoms with Crippen LogP contribution in [-0.2, 0) is 23.7 Å². The summed E-state index contributed by atoms with van der Waals surface area (Å²) in [6.45, 7) is 15.4. The van der Waals surface area contributed by atoms with E-state index >= 15 is 0 Å². The number of hydrogen-bond donors (Lipinski definition) is 1. The Morgan fingerprint density at radius 3 is 1.33 bits per heavy atom. The van der Waals surface area contributed by atoms with Crippen molar-refractivity contribution in [3.63, 3.8) is 0 Å². The van der Waals surface area contributed by atoms with Gasteiger partial charge in [0, 0.05) is 26.9 Å². The molecule has 0 aromatic carbocycles. The third kappa shape index (κ3) is 32.7. The van der Waals surface area contributed by atoms with Gasteiger partial charge in [-0.2, -0.15) is 0 Å². The molecule has 0 aliphatic heterocycles. The first kappa shape index (κ1) is 51.3. The molecule has 0 saturated carbocycles. The van der Waals surface area contributed by atoms with E-state index in [1.54, 1.807) is 7.11 Å². The average Bonchev–Trinajstić information content (AvgIpc) is 3.14. The zero-order valence-corrected chi connectivity index (χ0v) is 36.4. The lowest BCUT2D eigenvalue weighted by Gasteiger charge is -2.32. The molecule has 2 atom stereocenters. The number of carbonyl (C=O) groups is 1. The van der Waals surface area contributed by atoms with Crippen molar-refractivity contribution in [2.75, 3.05) is 40.1 Å². The maximum absolute atomic E-state index is 13.0. The molecule has 6 heteroatoms. The van der Waals surface area contributed by atoms with Crippen LogP contribution in [0.5, 0.6) is 0 Å². The summed E-state index contributed by atoms with van der Waals surface area (Å²) in [6.07, 6.45) is 39.6. The van der Waals surface area contributed by atoms with Crippen molar-refractivity contribution in [3.8, 4) is 0 Å². The second-order valence-corrected chi connectivity index (χ2v) is 16.6. The Labute approximate surface area is 325 Å². The number of unbranched alkanes of at least 4 members (excludes halogenated alkanes) is 26. The van der Waals surface area contributed by atoms with E-state index in [4.69, 9.17) is 18.9 Å². The van der Waals surface area contributed by atoms with Crippen LogP contribution < -0.4 is 5.32 Å². The molecule has 1 amide bonds. The molecule has 6 nitrogen and oxygen atoms in total. The van der Waals surface area contributed by atoms with Gasteiger partial charge in [-0.25, -0.2) is 0 Å². The molecule has 312 valence electrons. The summed E-state index contributed by atoms with van der Waals surface area (Å²) in [5.74, 6) is -0.101. The van der Waals surface area contributed by atoms with E-state index in [9.17, 15) is 4.79 Å². The molecule has 0 radical (unpaired) electrons. The maximum Gasteiger partial charge on any atom is 0.251 e. The quantitative estimate of drug-likeness (QED) is 0.0632. The molecule has 52 heavy (non-hydrogen) atoms. The van der Waals surface area contributed by atoms with Gasteiger partial charge in [-0.05, 0) is 46.5 Å². The van der Waals surface area contributed by atoms with Crippen molar-refractivity contribution in [1.29, 1.82) is 0 Å². The van der Waals surface area contributed by atoms with E-state index in [1.807, 2.05) is 20.8 Å². The summed E-state index contributed by atoms with van der Waals surface area (Å²) in [5.41, 5.74) is -1.32. The molecule has 0 aromatic rings. The van der Waals surface area contributed by atoms with Crippen molar-refractivity contribution in [3.05, 3.63) is 0 Å². The first-order valence-corrected chi connectivity index (χ1v) is 22.9. The second-order valence-electron chi connectivity index (χ2n) is 16.6. The molecule has 0 fully saturated rings. The van der Waals surface area contributed by atoms with Crippen LogP contribution in [0.3, 0.4) is 0 Å². The summed E-state index contributed by atoms with van der Waals surface area (Å²) in [7, 11) is 1.69. The standard InChI is InChI=1S/C46H93NO5/c1-8-11-13-15-17-19-21-23-24-25-26-28-30-32-34-36-40-51-43(37-38-47-44(48)45(4,5)52-42-46(6,10-3)49-7)41-50-39-35-33-31-29-27-22-20-18-16-14-12-9-2/h43H,8-42H2,1-7H3,(H,47,48). The van der Waals surface area contributed by atoms with E-state index < -0.39 is 11.2 Å². The Morgan fingerprint density at radius 2 is 0.942 bits per heavy atom. The first-order valence-electron chi connectivity index (χ1n) is 22.9. The second kappa shape index (κ2) is 37.2. The highest BCUT2D eigenvalue weighted by atomic mass is 16.6. The van der Waals surface area contributed by atoms with Crippen LogP contribution in [0.4, 0.5) is 0 Å². The van der Waals surface area contributed by atoms with Gasteiger partial charge in [-0.15, -0.1) is 0 Å². The minimum absolute atomic E-state index is 0.00475. The number of rotatable bonds is 42. The van der Waals surface area contributed by atoms with Gasteiger partial charge >= 0.3 is 0 Å². The zero-order chi connectivity index (χ0) is 38.4. The third-order valence-electron chi connectivity index (χ3n) is 11.1. The van der Waals surface area contributed by atoms with Gasteiger partial charge in [-0.3, -0.25) is 4.79 Å². The highest BCUT2D eigenvalue weighted by Crippen LogP contribution is 2.20. The minimum Gasteiger partial charge on any atom is -0.379 e. The number of ether oxygens (including phenoxy) is 4. The lowest BCUT2D eigenvalue weighted by atomic mass is 10.0. The Kier molecular flexibility index (Phi) is 36.8. The van der Waals surface area contributed by atoms with Crippen LogP contribution in [0, 0.1) is 0 Å². The van der Waals surface area contributed by atoms with E-state index in [2.05, 4.69) is 26.1 Å². The highest BCUT2D eigenvalue weighted by molar-refractivity contribution is 5.84. The Morgan fingerprint density at radius 1 is 0.558 bits per heavy atom. The number of methoxy groups -OCH3 is 1. The fourth-order valence-electron chi connectivity index (χ4n) is 6.64. The van der Waals surface area contributed by atoms with Gasteiger partial charge in [0.15, 0.2) is 0 Å². The molecule has 0 aliphatic carbocycles. The Bertz CT molecular complexity index is 740. The largest absolute Gasteiger partial charge is 0.379 e. The number of amides is 1. The predicted molar refractivity (Wildman–Crippen MR) is 225 cm³/mol. The van der Waals surface area contributed by atoms with Crippen molar-refractivity contribution >= 4 is 5.91 Å². The third-order valence-corrected chi connectivity index (χ3v) is 11.1. The van der Waals surface area contributed by atoms with Crippen LogP contribution in [-0.4, -0.2) is 63.3 Å². The Hall–Kier alpha value is -0.690. The van der Waals surface area contributed by atoms with Gasteiger partial charge in [0.25, 0.3) is 5.91 Å². The van der Waals surface area contributed by atoms with Gasteiger partial charge in [0.1, 0.15) is 5.60 Å². The summed E-state index contributed by atoms with van der Waals surface area (Å²) in [6, 6.07) is 0. The summed E-state index contributed by atoms with van der Waals surface area (Å²) >= 11 is 0. The van der Waals surface area contributed by atoms with Crippen LogP contribution in [0.1, 0.15) is 234 Å². The van der Waals surface area contributed by atoms with Crippen molar-refractivity contribution in [2.24, 2.45) is 0 Å². The fourth-order valence-corrected chi connectivity index (χ4v) is 6.64. The van der Waals surface area contributed by atoms with E-state index in [0.29, 0.717) is 19.8 Å². The normalized spacial score (nSPS) is 13.8. The zero-order valence-electron chi connectivity index (χ0n) is 36.4. The molecule has 0 saturated heterocycles. The Balaban J connectivity index is 4.28. The predicted octanol–water partition coefficient (Wildman–Crippen LogP) is 13.5. The van der Waals surface area contributed by atoms with Gasteiger partial charge in [0.05, 0.1) is 24.9 Å². The number of nitrogens with one attached hydrogen (secondary N) is 1. The molecular formula is C46H93NO5. The maximum atomic E-state index is 13.0. The van der Waals surface area contributed by atoms with Crippen LogP contribution in [0.2, 0.25) is 0 Å². The van der Waals surface area contributed by atoms with Crippen LogP contribution >= 0.6 is 0 Å². The average molecular weight is 740 g/mol. The summed E-state index contributed by atoms with van der Waals surface area (Å²) < 4.78 is 24.1. The summed E-state index contributed by atoms with van der Waals surface area (Å²) in [5, 5.41) is 3.10. The SMILES string of the molecule is CCCCCCCCCCCCCCCCCCOC(CCNC(=O)C(C)(C)OCC(C)(CC)OC)COCCCCCCCCCCCCCC. The molecule has 0 aromatic heterocycles. The van der Waals surface area contributed by atoms with Crippen molar-refractivity contribution in [2.45, 2.75) is 251 Å². The van der Waals surface area contributed by atoms with Crippen LogP contribution in [0.15, 0.2) is 0 Å².